The van der Waals surface area contributed by atoms with Gasteiger partial charge in [-0.2, -0.15) is 5.10 Å². The van der Waals surface area contributed by atoms with Crippen molar-refractivity contribution < 1.29 is 9.90 Å². The van der Waals surface area contributed by atoms with Gasteiger partial charge in [-0.25, -0.2) is 4.79 Å². The minimum atomic E-state index is -1.07. The van der Waals surface area contributed by atoms with Gasteiger partial charge in [-0.05, 0) is 18.6 Å². The third-order valence-corrected chi connectivity index (χ3v) is 1.74. The zero-order valence-corrected chi connectivity index (χ0v) is 6.90. The van der Waals surface area contributed by atoms with Crippen molar-refractivity contribution in [1.29, 1.82) is 0 Å². The molecule has 0 saturated carbocycles. The van der Waals surface area contributed by atoms with Gasteiger partial charge in [0.25, 0.3) is 0 Å². The van der Waals surface area contributed by atoms with Crippen molar-refractivity contribution in [2.45, 2.75) is 6.92 Å². The van der Waals surface area contributed by atoms with Gasteiger partial charge in [-0.15, -0.1) is 0 Å². The van der Waals surface area contributed by atoms with Crippen LogP contribution in [0.3, 0.4) is 0 Å². The Bertz CT molecular complexity index is 475. The van der Waals surface area contributed by atoms with Crippen LogP contribution >= 0.6 is 0 Å². The van der Waals surface area contributed by atoms with Crippen molar-refractivity contribution in [3.63, 3.8) is 0 Å². The van der Waals surface area contributed by atoms with Crippen LogP contribution in [0.15, 0.2) is 12.3 Å². The number of hydrogen-bond acceptors (Lipinski definition) is 3. The van der Waals surface area contributed by atoms with Gasteiger partial charge < -0.3 is 5.11 Å². The van der Waals surface area contributed by atoms with Crippen LogP contribution in [-0.4, -0.2) is 26.3 Å². The number of fused-ring (bicyclic) bond motifs is 1. The number of aromatic nitrogens is 3. The molecule has 0 fully saturated rings. The molecule has 2 rings (SSSR count). The highest BCUT2D eigenvalue weighted by molar-refractivity contribution is 5.98. The number of nitrogens with one attached hydrogen (secondary N) is 1. The van der Waals surface area contributed by atoms with Crippen molar-refractivity contribution in [2.75, 3.05) is 0 Å². The monoisotopic (exact) mass is 177 g/mol. The molecule has 2 aromatic rings. The molecule has 5 nitrogen and oxygen atoms in total. The molecule has 2 N–H and O–H groups in total. The fourth-order valence-electron chi connectivity index (χ4n) is 1.16. The van der Waals surface area contributed by atoms with Gasteiger partial charge in [0, 0.05) is 6.20 Å². The van der Waals surface area contributed by atoms with E-state index in [2.05, 4.69) is 15.2 Å². The maximum Gasteiger partial charge on any atom is 0.358 e. The van der Waals surface area contributed by atoms with Gasteiger partial charge in [0.05, 0.1) is 5.52 Å². The molecule has 0 aliphatic carbocycles. The first-order valence-electron chi connectivity index (χ1n) is 3.72. The average molecular weight is 177 g/mol. The summed E-state index contributed by atoms with van der Waals surface area (Å²) in [7, 11) is 0. The molecule has 13 heavy (non-hydrogen) atoms. The average Bonchev–Trinajstić information content (AvgIpc) is 2.46. The molecule has 66 valence electrons. The fourth-order valence-corrected chi connectivity index (χ4v) is 1.16. The highest BCUT2D eigenvalue weighted by atomic mass is 16.4. The second-order valence-corrected chi connectivity index (χ2v) is 2.79. The summed E-state index contributed by atoms with van der Waals surface area (Å²) in [5.74, 6) is -1.07. The molecule has 0 aromatic carbocycles. The zero-order valence-electron chi connectivity index (χ0n) is 6.90. The molecule has 0 aliphatic rings. The van der Waals surface area contributed by atoms with E-state index < -0.39 is 5.97 Å². The Kier molecular flexibility index (Phi) is 1.51. The number of rotatable bonds is 1. The fraction of sp³-hybridized carbons (Fsp3) is 0.125. The van der Waals surface area contributed by atoms with Crippen LogP contribution < -0.4 is 0 Å². The normalized spacial score (nSPS) is 10.5. The Labute approximate surface area is 73.4 Å². The lowest BCUT2D eigenvalue weighted by Gasteiger charge is -1.91. The van der Waals surface area contributed by atoms with Crippen molar-refractivity contribution in [2.24, 2.45) is 0 Å². The SMILES string of the molecule is Cc1cnc2c(C(=O)O)n[nH]c2c1. The lowest BCUT2D eigenvalue weighted by Crippen LogP contribution is -1.97. The summed E-state index contributed by atoms with van der Waals surface area (Å²) in [6.07, 6.45) is 1.62. The minimum Gasteiger partial charge on any atom is -0.476 e. The Morgan fingerprint density at radius 3 is 3.08 bits per heavy atom. The van der Waals surface area contributed by atoms with Crippen LogP contribution in [0.5, 0.6) is 0 Å². The number of H-pyrrole nitrogens is 1. The minimum absolute atomic E-state index is 0.0324. The molecule has 0 atom stereocenters. The van der Waals surface area contributed by atoms with Crippen molar-refractivity contribution >= 4 is 17.0 Å². The van der Waals surface area contributed by atoms with Gasteiger partial charge in [0.15, 0.2) is 5.69 Å². The molecule has 2 aromatic heterocycles. The molecule has 0 spiro atoms. The van der Waals surface area contributed by atoms with E-state index in [1.807, 2.05) is 13.0 Å². The number of carboxylic acid groups (broad SMARTS) is 1. The molecule has 0 bridgehead atoms. The summed E-state index contributed by atoms with van der Waals surface area (Å²) in [5, 5.41) is 15.0. The van der Waals surface area contributed by atoms with Crippen LogP contribution in [0.4, 0.5) is 0 Å². The van der Waals surface area contributed by atoms with E-state index >= 15 is 0 Å². The maximum absolute atomic E-state index is 10.6. The number of hydrogen-bond donors (Lipinski definition) is 2. The molecule has 0 saturated heterocycles. The summed E-state index contributed by atoms with van der Waals surface area (Å²) in [4.78, 5) is 14.6. The Morgan fingerprint density at radius 2 is 2.38 bits per heavy atom. The van der Waals surface area contributed by atoms with E-state index in [4.69, 9.17) is 5.11 Å². The summed E-state index contributed by atoms with van der Waals surface area (Å²) in [5.41, 5.74) is 1.98. The first-order chi connectivity index (χ1) is 6.18. The van der Waals surface area contributed by atoms with E-state index in [1.54, 1.807) is 6.20 Å². The number of aryl methyl sites for hydroxylation is 1. The second kappa shape index (κ2) is 2.55. The largest absolute Gasteiger partial charge is 0.476 e. The van der Waals surface area contributed by atoms with E-state index in [0.717, 1.165) is 5.56 Å². The summed E-state index contributed by atoms with van der Waals surface area (Å²) < 4.78 is 0. The van der Waals surface area contributed by atoms with E-state index in [9.17, 15) is 4.79 Å². The molecule has 0 radical (unpaired) electrons. The smallest absolute Gasteiger partial charge is 0.358 e. The molecule has 0 aliphatic heterocycles. The molecule has 0 unspecified atom stereocenters. The zero-order chi connectivity index (χ0) is 9.42. The maximum atomic E-state index is 10.6. The van der Waals surface area contributed by atoms with Crippen LogP contribution in [0.2, 0.25) is 0 Å². The highest BCUT2D eigenvalue weighted by Crippen LogP contribution is 2.13. The predicted molar refractivity (Wildman–Crippen MR) is 45.6 cm³/mol. The number of carboxylic acids is 1. The number of aromatic amines is 1. The number of nitrogens with zero attached hydrogens (tertiary/aromatic N) is 2. The highest BCUT2D eigenvalue weighted by Gasteiger charge is 2.13. The summed E-state index contributed by atoms with van der Waals surface area (Å²) in [6.45, 7) is 1.88. The van der Waals surface area contributed by atoms with E-state index in [0.29, 0.717) is 11.0 Å². The van der Waals surface area contributed by atoms with E-state index in [1.165, 1.54) is 0 Å². The topological polar surface area (TPSA) is 78.9 Å². The number of pyridine rings is 1. The third-order valence-electron chi connectivity index (χ3n) is 1.74. The second-order valence-electron chi connectivity index (χ2n) is 2.79. The number of aromatic carboxylic acids is 1. The molecular weight excluding hydrogens is 170 g/mol. The van der Waals surface area contributed by atoms with Crippen LogP contribution in [0, 0.1) is 6.92 Å². The van der Waals surface area contributed by atoms with Gasteiger partial charge in [-0.1, -0.05) is 0 Å². The van der Waals surface area contributed by atoms with Gasteiger partial charge in [-0.3, -0.25) is 10.1 Å². The summed E-state index contributed by atoms with van der Waals surface area (Å²) >= 11 is 0. The summed E-state index contributed by atoms with van der Waals surface area (Å²) in [6, 6.07) is 1.81. The van der Waals surface area contributed by atoms with Crippen molar-refractivity contribution in [3.05, 3.63) is 23.5 Å². The molecular formula is C8H7N3O2. The first kappa shape index (κ1) is 7.72. The Balaban J connectivity index is 2.76. The quantitative estimate of drug-likeness (QED) is 0.680. The third kappa shape index (κ3) is 1.14. The molecule has 5 heteroatoms. The standard InChI is InChI=1S/C8H7N3O2/c1-4-2-5-6(9-3-4)7(8(12)13)11-10-5/h2-3H,1H3,(H,10,11)(H,12,13). The van der Waals surface area contributed by atoms with E-state index in [-0.39, 0.29) is 5.69 Å². The van der Waals surface area contributed by atoms with Gasteiger partial charge >= 0.3 is 5.97 Å². The van der Waals surface area contributed by atoms with Crippen LogP contribution in [0.1, 0.15) is 16.1 Å². The van der Waals surface area contributed by atoms with Crippen LogP contribution in [-0.2, 0) is 0 Å². The first-order valence-corrected chi connectivity index (χ1v) is 3.72. The van der Waals surface area contributed by atoms with Gasteiger partial charge in [0.2, 0.25) is 0 Å². The lowest BCUT2D eigenvalue weighted by molar-refractivity contribution is 0.0692. The molecule has 2 heterocycles. The van der Waals surface area contributed by atoms with Gasteiger partial charge in [0.1, 0.15) is 5.52 Å². The number of carbonyl (C=O) groups is 1. The Morgan fingerprint density at radius 1 is 1.62 bits per heavy atom. The Hall–Kier alpha value is -1.91. The molecule has 0 amide bonds. The van der Waals surface area contributed by atoms with Crippen molar-refractivity contribution in [3.8, 4) is 0 Å². The van der Waals surface area contributed by atoms with Crippen LogP contribution in [0.25, 0.3) is 11.0 Å². The van der Waals surface area contributed by atoms with Crippen molar-refractivity contribution in [1.82, 2.24) is 15.2 Å². The predicted octanol–water partition coefficient (Wildman–Crippen LogP) is 0.965. The lowest BCUT2D eigenvalue weighted by atomic mass is 10.2.